The SMILES string of the molecule is O=[N+]([O-])c1ccc(NN=C(Cl)c2ccsc2)cc1. The van der Waals surface area contributed by atoms with Crippen molar-refractivity contribution in [2.24, 2.45) is 5.10 Å². The van der Waals surface area contributed by atoms with E-state index in [0.717, 1.165) is 5.56 Å². The zero-order valence-electron chi connectivity index (χ0n) is 9.04. The van der Waals surface area contributed by atoms with Crippen molar-refractivity contribution in [3.63, 3.8) is 0 Å². The molecule has 18 heavy (non-hydrogen) atoms. The summed E-state index contributed by atoms with van der Waals surface area (Å²) in [4.78, 5) is 10.0. The molecular formula is C11H8ClN3O2S. The normalized spacial score (nSPS) is 11.3. The number of benzene rings is 1. The second-order valence-electron chi connectivity index (χ2n) is 3.33. The van der Waals surface area contributed by atoms with Crippen LogP contribution in [0.1, 0.15) is 5.56 Å². The van der Waals surface area contributed by atoms with Crippen molar-refractivity contribution in [2.45, 2.75) is 0 Å². The number of thiophene rings is 1. The van der Waals surface area contributed by atoms with Crippen LogP contribution in [0.2, 0.25) is 0 Å². The molecule has 0 fully saturated rings. The van der Waals surface area contributed by atoms with E-state index in [9.17, 15) is 10.1 Å². The monoisotopic (exact) mass is 281 g/mol. The first-order valence-corrected chi connectivity index (χ1v) is 6.25. The predicted octanol–water partition coefficient (Wildman–Crippen LogP) is 3.67. The lowest BCUT2D eigenvalue weighted by atomic mass is 10.3. The number of hydrogen-bond acceptors (Lipinski definition) is 5. The van der Waals surface area contributed by atoms with Crippen LogP contribution >= 0.6 is 22.9 Å². The van der Waals surface area contributed by atoms with Gasteiger partial charge in [-0.05, 0) is 23.6 Å². The van der Waals surface area contributed by atoms with Gasteiger partial charge < -0.3 is 0 Å². The van der Waals surface area contributed by atoms with E-state index in [1.165, 1.54) is 23.5 Å². The van der Waals surface area contributed by atoms with Gasteiger partial charge in [0.05, 0.1) is 10.6 Å². The van der Waals surface area contributed by atoms with Crippen molar-refractivity contribution in [1.29, 1.82) is 0 Å². The van der Waals surface area contributed by atoms with Crippen LogP contribution in [0.4, 0.5) is 11.4 Å². The summed E-state index contributed by atoms with van der Waals surface area (Å²) in [5, 5.41) is 18.6. The fourth-order valence-electron chi connectivity index (χ4n) is 1.22. The molecule has 0 unspecified atom stereocenters. The summed E-state index contributed by atoms with van der Waals surface area (Å²) < 4.78 is 0. The maximum absolute atomic E-state index is 10.5. The molecule has 7 heteroatoms. The van der Waals surface area contributed by atoms with Gasteiger partial charge in [0, 0.05) is 23.1 Å². The highest BCUT2D eigenvalue weighted by Crippen LogP contribution is 2.16. The van der Waals surface area contributed by atoms with Gasteiger partial charge in [-0.3, -0.25) is 15.5 Å². The Hall–Kier alpha value is -1.92. The number of non-ortho nitro benzene ring substituents is 1. The third kappa shape index (κ3) is 3.06. The maximum Gasteiger partial charge on any atom is 0.269 e. The van der Waals surface area contributed by atoms with Gasteiger partial charge >= 0.3 is 0 Å². The first-order chi connectivity index (χ1) is 8.66. The average molecular weight is 282 g/mol. The van der Waals surface area contributed by atoms with Crippen molar-refractivity contribution in [2.75, 3.05) is 5.43 Å². The number of anilines is 1. The van der Waals surface area contributed by atoms with Crippen molar-refractivity contribution in [1.82, 2.24) is 0 Å². The molecule has 2 rings (SSSR count). The minimum Gasteiger partial charge on any atom is -0.277 e. The van der Waals surface area contributed by atoms with Crippen molar-refractivity contribution in [3.05, 3.63) is 56.8 Å². The standard InChI is InChI=1S/C11H8ClN3O2S/c12-11(8-5-6-18-7-8)14-13-9-1-3-10(4-2-9)15(16)17/h1-7,13H. The highest BCUT2D eigenvalue weighted by molar-refractivity contribution is 7.08. The minimum atomic E-state index is -0.453. The van der Waals surface area contributed by atoms with E-state index in [-0.39, 0.29) is 5.69 Å². The molecule has 1 N–H and O–H groups in total. The maximum atomic E-state index is 10.5. The number of hydrogen-bond donors (Lipinski definition) is 1. The third-order valence-corrected chi connectivity index (χ3v) is 3.11. The van der Waals surface area contributed by atoms with Crippen molar-refractivity contribution < 1.29 is 4.92 Å². The summed E-state index contributed by atoms with van der Waals surface area (Å²) in [6.45, 7) is 0. The van der Waals surface area contributed by atoms with E-state index in [4.69, 9.17) is 11.6 Å². The summed E-state index contributed by atoms with van der Waals surface area (Å²) in [5.41, 5.74) is 4.24. The van der Waals surface area contributed by atoms with E-state index in [1.54, 1.807) is 12.1 Å². The Morgan fingerprint density at radius 2 is 2.06 bits per heavy atom. The van der Waals surface area contributed by atoms with Crippen LogP contribution < -0.4 is 5.43 Å². The molecule has 0 saturated carbocycles. The number of nitrogens with one attached hydrogen (secondary N) is 1. The topological polar surface area (TPSA) is 67.5 Å². The Bertz CT molecular complexity index is 566. The van der Waals surface area contributed by atoms with Gasteiger partial charge in [-0.25, -0.2) is 0 Å². The van der Waals surface area contributed by atoms with Gasteiger partial charge in [-0.2, -0.15) is 16.4 Å². The fraction of sp³-hybridized carbons (Fsp3) is 0. The van der Waals surface area contributed by atoms with Gasteiger partial charge in [0.25, 0.3) is 5.69 Å². The number of nitro benzene ring substituents is 1. The molecule has 0 atom stereocenters. The van der Waals surface area contributed by atoms with Gasteiger partial charge in [0.2, 0.25) is 0 Å². The molecule has 5 nitrogen and oxygen atoms in total. The zero-order valence-corrected chi connectivity index (χ0v) is 10.6. The van der Waals surface area contributed by atoms with E-state index in [0.29, 0.717) is 10.9 Å². The molecule has 0 aliphatic rings. The molecule has 1 heterocycles. The Labute approximate surface area is 112 Å². The lowest BCUT2D eigenvalue weighted by Gasteiger charge is -2.00. The molecule has 0 aliphatic carbocycles. The van der Waals surface area contributed by atoms with Crippen LogP contribution in [0.5, 0.6) is 0 Å². The number of nitro groups is 1. The van der Waals surface area contributed by atoms with Crippen LogP contribution in [-0.2, 0) is 0 Å². The van der Waals surface area contributed by atoms with Crippen LogP contribution in [0.25, 0.3) is 0 Å². The summed E-state index contributed by atoms with van der Waals surface area (Å²) in [5.74, 6) is 0. The zero-order chi connectivity index (χ0) is 13.0. The Morgan fingerprint density at radius 3 is 2.61 bits per heavy atom. The van der Waals surface area contributed by atoms with Crippen molar-refractivity contribution in [3.8, 4) is 0 Å². The quantitative estimate of drug-likeness (QED) is 0.528. The van der Waals surface area contributed by atoms with E-state index in [2.05, 4.69) is 10.5 Å². The van der Waals surface area contributed by atoms with Crippen LogP contribution in [-0.4, -0.2) is 10.1 Å². The molecule has 1 aromatic heterocycles. The van der Waals surface area contributed by atoms with E-state index < -0.39 is 4.92 Å². The average Bonchev–Trinajstić information content (AvgIpc) is 2.90. The molecule has 0 radical (unpaired) electrons. The van der Waals surface area contributed by atoms with Crippen LogP contribution in [0, 0.1) is 10.1 Å². The molecule has 0 amide bonds. The smallest absolute Gasteiger partial charge is 0.269 e. The predicted molar refractivity (Wildman–Crippen MR) is 73.4 cm³/mol. The van der Waals surface area contributed by atoms with E-state index in [1.807, 2.05) is 16.8 Å². The number of nitrogens with zero attached hydrogens (tertiary/aromatic N) is 2. The number of halogens is 1. The number of rotatable bonds is 4. The molecule has 0 bridgehead atoms. The molecule has 0 aliphatic heterocycles. The Morgan fingerprint density at radius 1 is 1.33 bits per heavy atom. The Kier molecular flexibility index (Phi) is 3.91. The Balaban J connectivity index is 2.06. The van der Waals surface area contributed by atoms with Gasteiger partial charge in [0.15, 0.2) is 5.17 Å². The largest absolute Gasteiger partial charge is 0.277 e. The molecule has 92 valence electrons. The molecule has 1 aromatic carbocycles. The van der Waals surface area contributed by atoms with Gasteiger partial charge in [0.1, 0.15) is 0 Å². The molecular weight excluding hydrogens is 274 g/mol. The lowest BCUT2D eigenvalue weighted by Crippen LogP contribution is -1.96. The minimum absolute atomic E-state index is 0.0356. The van der Waals surface area contributed by atoms with Gasteiger partial charge in [-0.15, -0.1) is 0 Å². The summed E-state index contributed by atoms with van der Waals surface area (Å²) in [6, 6.07) is 7.79. The second kappa shape index (κ2) is 5.61. The molecule has 2 aromatic rings. The van der Waals surface area contributed by atoms with Crippen molar-refractivity contribution >= 4 is 39.5 Å². The number of hydrazone groups is 1. The van der Waals surface area contributed by atoms with Crippen LogP contribution in [0.15, 0.2) is 46.2 Å². The van der Waals surface area contributed by atoms with Crippen LogP contribution in [0.3, 0.4) is 0 Å². The fourth-order valence-corrected chi connectivity index (χ4v) is 2.08. The first kappa shape index (κ1) is 12.5. The second-order valence-corrected chi connectivity index (χ2v) is 4.47. The highest BCUT2D eigenvalue weighted by atomic mass is 35.5. The summed E-state index contributed by atoms with van der Waals surface area (Å²) in [6.07, 6.45) is 0. The lowest BCUT2D eigenvalue weighted by molar-refractivity contribution is -0.384. The third-order valence-electron chi connectivity index (χ3n) is 2.12. The first-order valence-electron chi connectivity index (χ1n) is 4.93. The molecule has 0 spiro atoms. The van der Waals surface area contributed by atoms with E-state index >= 15 is 0 Å². The summed E-state index contributed by atoms with van der Waals surface area (Å²) in [7, 11) is 0. The molecule has 0 saturated heterocycles. The summed E-state index contributed by atoms with van der Waals surface area (Å²) >= 11 is 7.49. The highest BCUT2D eigenvalue weighted by Gasteiger charge is 2.04. The van der Waals surface area contributed by atoms with Gasteiger partial charge in [-0.1, -0.05) is 11.6 Å².